The zero-order valence-corrected chi connectivity index (χ0v) is 12.3. The molecule has 0 fully saturated rings. The van der Waals surface area contributed by atoms with E-state index in [1.54, 1.807) is 12.1 Å². The number of rotatable bonds is 8. The van der Waals surface area contributed by atoms with Crippen LogP contribution in [0.2, 0.25) is 0 Å². The van der Waals surface area contributed by atoms with Gasteiger partial charge < -0.3 is 20.5 Å². The van der Waals surface area contributed by atoms with Crippen LogP contribution in [0.15, 0.2) is 24.3 Å². The lowest BCUT2D eigenvalue weighted by atomic mass is 10.2. The molecule has 0 aliphatic carbocycles. The van der Waals surface area contributed by atoms with Crippen molar-refractivity contribution in [3.05, 3.63) is 29.8 Å². The largest absolute Gasteiger partial charge is 0.491 e. The lowest BCUT2D eigenvalue weighted by molar-refractivity contribution is 0.0764. The number of benzene rings is 1. The lowest BCUT2D eigenvalue weighted by Crippen LogP contribution is -2.33. The average Bonchev–Trinajstić information content (AvgIpc) is 2.37. The third kappa shape index (κ3) is 6.00. The summed E-state index contributed by atoms with van der Waals surface area (Å²) in [5.41, 5.74) is 6.33. The highest BCUT2D eigenvalue weighted by atomic mass is 32.1. The van der Waals surface area contributed by atoms with Crippen LogP contribution in [0, 0.1) is 0 Å². The predicted molar refractivity (Wildman–Crippen MR) is 81.6 cm³/mol. The second kappa shape index (κ2) is 8.09. The number of thiocarbonyl (C=S) groups is 1. The van der Waals surface area contributed by atoms with Crippen LogP contribution >= 0.6 is 12.2 Å². The van der Waals surface area contributed by atoms with E-state index in [4.69, 9.17) is 22.7 Å². The van der Waals surface area contributed by atoms with Gasteiger partial charge in [0.25, 0.3) is 0 Å². The summed E-state index contributed by atoms with van der Waals surface area (Å²) in [6.07, 6.45) is 0.580. The quantitative estimate of drug-likeness (QED) is 0.706. The summed E-state index contributed by atoms with van der Waals surface area (Å²) in [6.45, 7) is 3.97. The first-order valence-electron chi connectivity index (χ1n) is 6.42. The Morgan fingerprint density at radius 2 is 2.05 bits per heavy atom. The van der Waals surface area contributed by atoms with Gasteiger partial charge >= 0.3 is 0 Å². The zero-order valence-electron chi connectivity index (χ0n) is 11.5. The molecule has 0 aliphatic heterocycles. The number of nitrogens with zero attached hydrogens (tertiary/aromatic N) is 1. The topological polar surface area (TPSA) is 58.7 Å². The molecule has 19 heavy (non-hydrogen) atoms. The maximum absolute atomic E-state index is 9.84. The lowest BCUT2D eigenvalue weighted by Gasteiger charge is -2.20. The molecule has 1 atom stereocenters. The molecular formula is C14H22N2O2S. The van der Waals surface area contributed by atoms with Gasteiger partial charge in [0.1, 0.15) is 23.4 Å². The number of ether oxygens (including phenoxy) is 1. The molecule has 4 nitrogen and oxygen atoms in total. The molecule has 0 saturated heterocycles. The fraction of sp³-hybridized carbons (Fsp3) is 0.500. The molecule has 0 bridgehead atoms. The smallest absolute Gasteiger partial charge is 0.119 e. The molecular weight excluding hydrogens is 260 g/mol. The van der Waals surface area contributed by atoms with E-state index in [-0.39, 0.29) is 6.61 Å². The minimum absolute atomic E-state index is 0.278. The van der Waals surface area contributed by atoms with E-state index in [1.165, 1.54) is 0 Å². The van der Waals surface area contributed by atoms with Crippen molar-refractivity contribution >= 4 is 17.2 Å². The maximum atomic E-state index is 9.84. The van der Waals surface area contributed by atoms with Crippen LogP contribution in [0.1, 0.15) is 18.9 Å². The summed E-state index contributed by atoms with van der Waals surface area (Å²) in [5, 5.41) is 9.84. The Morgan fingerprint density at radius 3 is 2.58 bits per heavy atom. The monoisotopic (exact) mass is 282 g/mol. The van der Waals surface area contributed by atoms with Gasteiger partial charge in [0, 0.05) is 12.1 Å². The van der Waals surface area contributed by atoms with Crippen molar-refractivity contribution in [2.24, 2.45) is 5.73 Å². The van der Waals surface area contributed by atoms with E-state index in [0.717, 1.165) is 18.5 Å². The van der Waals surface area contributed by atoms with Crippen LogP contribution in [-0.2, 0) is 0 Å². The summed E-state index contributed by atoms with van der Waals surface area (Å²) < 4.78 is 5.52. The molecule has 1 aromatic rings. The van der Waals surface area contributed by atoms with Gasteiger partial charge in [0.05, 0.1) is 0 Å². The van der Waals surface area contributed by atoms with Crippen molar-refractivity contribution in [2.45, 2.75) is 19.4 Å². The Hall–Kier alpha value is -1.17. The molecule has 0 radical (unpaired) electrons. The highest BCUT2D eigenvalue weighted by Crippen LogP contribution is 2.12. The van der Waals surface area contributed by atoms with Gasteiger partial charge in [-0.3, -0.25) is 0 Å². The first-order chi connectivity index (χ1) is 9.02. The summed E-state index contributed by atoms with van der Waals surface area (Å²) in [7, 11) is 1.99. The zero-order chi connectivity index (χ0) is 14.3. The Kier molecular flexibility index (Phi) is 6.77. The molecule has 0 amide bonds. The predicted octanol–water partition coefficient (Wildman–Crippen LogP) is 1.40. The maximum Gasteiger partial charge on any atom is 0.119 e. The Morgan fingerprint density at radius 1 is 1.42 bits per heavy atom. The van der Waals surface area contributed by atoms with Gasteiger partial charge in [0.15, 0.2) is 0 Å². The number of aliphatic hydroxyl groups is 1. The normalized spacial score (nSPS) is 12.4. The molecule has 106 valence electrons. The number of hydrogen-bond acceptors (Lipinski definition) is 4. The number of hydrogen-bond donors (Lipinski definition) is 2. The summed E-state index contributed by atoms with van der Waals surface area (Å²) >= 11 is 4.88. The second-order valence-electron chi connectivity index (χ2n) is 4.62. The highest BCUT2D eigenvalue weighted by molar-refractivity contribution is 7.80. The van der Waals surface area contributed by atoms with Gasteiger partial charge in [-0.2, -0.15) is 0 Å². The molecule has 0 aromatic heterocycles. The minimum atomic E-state index is -0.494. The average molecular weight is 282 g/mol. The standard InChI is InChI=1S/C14H22N2O2S/c1-3-8-16(2)9-12(17)10-18-13-6-4-11(5-7-13)14(15)19/h4-7,12,17H,3,8-10H2,1-2H3,(H2,15,19). The molecule has 0 saturated carbocycles. The van der Waals surface area contributed by atoms with Crippen LogP contribution in [0.25, 0.3) is 0 Å². The van der Waals surface area contributed by atoms with Gasteiger partial charge in [0.2, 0.25) is 0 Å². The van der Waals surface area contributed by atoms with E-state index in [1.807, 2.05) is 19.2 Å². The summed E-state index contributed by atoms with van der Waals surface area (Å²) in [5.74, 6) is 0.706. The third-order valence-electron chi connectivity index (χ3n) is 2.71. The summed E-state index contributed by atoms with van der Waals surface area (Å²) in [6, 6.07) is 7.23. The third-order valence-corrected chi connectivity index (χ3v) is 2.94. The highest BCUT2D eigenvalue weighted by Gasteiger charge is 2.08. The van der Waals surface area contributed by atoms with Crippen LogP contribution < -0.4 is 10.5 Å². The Bertz CT molecular complexity index is 395. The van der Waals surface area contributed by atoms with Gasteiger partial charge in [-0.25, -0.2) is 0 Å². The van der Waals surface area contributed by atoms with Gasteiger partial charge in [-0.05, 0) is 44.3 Å². The first kappa shape index (κ1) is 15.9. The number of aliphatic hydroxyl groups excluding tert-OH is 1. The van der Waals surface area contributed by atoms with Crippen molar-refractivity contribution in [1.82, 2.24) is 4.90 Å². The number of nitrogens with two attached hydrogens (primary N) is 1. The van der Waals surface area contributed by atoms with Crippen LogP contribution in [0.3, 0.4) is 0 Å². The van der Waals surface area contributed by atoms with Crippen LogP contribution in [0.5, 0.6) is 5.75 Å². The number of likely N-dealkylation sites (N-methyl/N-ethyl adjacent to an activating group) is 1. The molecule has 1 unspecified atom stereocenters. The van der Waals surface area contributed by atoms with Gasteiger partial charge in [-0.15, -0.1) is 0 Å². The van der Waals surface area contributed by atoms with E-state index in [2.05, 4.69) is 11.8 Å². The summed E-state index contributed by atoms with van der Waals surface area (Å²) in [4.78, 5) is 2.46. The van der Waals surface area contributed by atoms with Crippen molar-refractivity contribution < 1.29 is 9.84 Å². The minimum Gasteiger partial charge on any atom is -0.491 e. The molecule has 0 heterocycles. The second-order valence-corrected chi connectivity index (χ2v) is 5.06. The van der Waals surface area contributed by atoms with Crippen molar-refractivity contribution in [2.75, 3.05) is 26.7 Å². The molecule has 3 N–H and O–H groups in total. The molecule has 5 heteroatoms. The first-order valence-corrected chi connectivity index (χ1v) is 6.83. The fourth-order valence-electron chi connectivity index (χ4n) is 1.79. The van der Waals surface area contributed by atoms with Gasteiger partial charge in [-0.1, -0.05) is 19.1 Å². The Labute approximate surface area is 120 Å². The molecule has 0 aliphatic rings. The van der Waals surface area contributed by atoms with Crippen LogP contribution in [0.4, 0.5) is 0 Å². The van der Waals surface area contributed by atoms with E-state index >= 15 is 0 Å². The molecule has 0 spiro atoms. The fourth-order valence-corrected chi connectivity index (χ4v) is 1.93. The van der Waals surface area contributed by atoms with Crippen molar-refractivity contribution in [1.29, 1.82) is 0 Å². The van der Waals surface area contributed by atoms with Crippen molar-refractivity contribution in [3.63, 3.8) is 0 Å². The van der Waals surface area contributed by atoms with E-state index in [0.29, 0.717) is 17.3 Å². The van der Waals surface area contributed by atoms with E-state index in [9.17, 15) is 5.11 Å². The Balaban J connectivity index is 2.37. The SMILES string of the molecule is CCCN(C)CC(O)COc1ccc(C(N)=S)cc1. The molecule has 1 rings (SSSR count). The van der Waals surface area contributed by atoms with Crippen molar-refractivity contribution in [3.8, 4) is 5.75 Å². The molecule has 1 aromatic carbocycles. The van der Waals surface area contributed by atoms with E-state index < -0.39 is 6.10 Å². The van der Waals surface area contributed by atoms with Crippen LogP contribution in [-0.4, -0.2) is 47.8 Å².